The first-order chi connectivity index (χ1) is 14.0. The van der Waals surface area contributed by atoms with Crippen molar-refractivity contribution in [1.82, 2.24) is 20.1 Å². The normalized spacial score (nSPS) is 10.6. The number of nitrogens with zero attached hydrogens (tertiary/aromatic N) is 3. The molecule has 1 N–H and O–H groups in total. The molecular formula is C20H19ClN4O3S. The molecule has 0 bridgehead atoms. The summed E-state index contributed by atoms with van der Waals surface area (Å²) in [6.07, 6.45) is 0.157. The van der Waals surface area contributed by atoms with Crippen LogP contribution in [0.15, 0.2) is 59.8 Å². The lowest BCUT2D eigenvalue weighted by Gasteiger charge is -2.08. The Morgan fingerprint density at radius 3 is 2.55 bits per heavy atom. The Morgan fingerprint density at radius 1 is 1.07 bits per heavy atom. The van der Waals surface area contributed by atoms with Crippen LogP contribution in [0.5, 0.6) is 5.75 Å². The number of amides is 2. The molecular weight excluding hydrogens is 412 g/mol. The number of carbonyl (C=O) groups excluding carboxylic acids is 2. The van der Waals surface area contributed by atoms with Gasteiger partial charge in [-0.25, -0.2) is 0 Å². The van der Waals surface area contributed by atoms with E-state index >= 15 is 0 Å². The highest BCUT2D eigenvalue weighted by Crippen LogP contribution is 2.24. The minimum absolute atomic E-state index is 0.0534. The summed E-state index contributed by atoms with van der Waals surface area (Å²) in [5, 5.41) is 11.6. The maximum Gasteiger partial charge on any atom is 0.237 e. The molecule has 0 saturated heterocycles. The van der Waals surface area contributed by atoms with Gasteiger partial charge in [-0.05, 0) is 17.7 Å². The third-order valence-electron chi connectivity index (χ3n) is 3.94. The van der Waals surface area contributed by atoms with Crippen LogP contribution in [0.25, 0.3) is 0 Å². The first kappa shape index (κ1) is 20.9. The molecule has 0 radical (unpaired) electrons. The van der Waals surface area contributed by atoms with Gasteiger partial charge < -0.3 is 9.30 Å². The largest absolute Gasteiger partial charge is 0.484 e. The minimum atomic E-state index is -0.382. The number of nitrogens with one attached hydrogen (secondary N) is 1. The van der Waals surface area contributed by atoms with Gasteiger partial charge in [-0.3, -0.25) is 14.9 Å². The van der Waals surface area contributed by atoms with Crippen LogP contribution in [0.2, 0.25) is 5.02 Å². The molecule has 2 aromatic carbocycles. The predicted molar refractivity (Wildman–Crippen MR) is 111 cm³/mol. The molecule has 0 unspecified atom stereocenters. The Morgan fingerprint density at radius 2 is 1.79 bits per heavy atom. The Balaban J connectivity index is 1.47. The number of para-hydroxylation sites is 1. The topological polar surface area (TPSA) is 86.1 Å². The second-order valence-electron chi connectivity index (χ2n) is 6.10. The van der Waals surface area contributed by atoms with Crippen LogP contribution in [0, 0.1) is 0 Å². The number of benzene rings is 2. The number of ether oxygens (including phenoxy) is 1. The van der Waals surface area contributed by atoms with E-state index in [-0.39, 0.29) is 30.6 Å². The summed E-state index contributed by atoms with van der Waals surface area (Å²) in [7, 11) is 1.78. The van der Waals surface area contributed by atoms with E-state index < -0.39 is 0 Å². The van der Waals surface area contributed by atoms with Crippen LogP contribution < -0.4 is 10.1 Å². The number of aromatic nitrogens is 3. The van der Waals surface area contributed by atoms with Crippen LogP contribution in [0.3, 0.4) is 0 Å². The van der Waals surface area contributed by atoms with E-state index in [1.54, 1.807) is 23.7 Å². The molecule has 0 saturated carbocycles. The maximum atomic E-state index is 12.0. The third-order valence-corrected chi connectivity index (χ3v) is 5.27. The SMILES string of the molecule is Cn1c(COc2ccccc2Cl)nnc1SCC(=O)NC(=O)Cc1ccccc1. The van der Waals surface area contributed by atoms with Crippen molar-refractivity contribution in [3.63, 3.8) is 0 Å². The molecule has 0 atom stereocenters. The van der Waals surface area contributed by atoms with E-state index in [0.29, 0.717) is 21.8 Å². The maximum absolute atomic E-state index is 12.0. The molecule has 0 spiro atoms. The van der Waals surface area contributed by atoms with Gasteiger partial charge in [-0.2, -0.15) is 0 Å². The standard InChI is InChI=1S/C20H19ClN4O3S/c1-25-17(12-28-16-10-6-5-9-15(16)21)23-24-20(25)29-13-19(27)22-18(26)11-14-7-3-2-4-8-14/h2-10H,11-13H2,1H3,(H,22,26,27). The van der Waals surface area contributed by atoms with Crippen molar-refractivity contribution in [2.75, 3.05) is 5.75 Å². The zero-order valence-electron chi connectivity index (χ0n) is 15.7. The van der Waals surface area contributed by atoms with Gasteiger partial charge in [0.25, 0.3) is 0 Å². The van der Waals surface area contributed by atoms with Gasteiger partial charge in [0.05, 0.1) is 17.2 Å². The van der Waals surface area contributed by atoms with E-state index in [2.05, 4.69) is 15.5 Å². The summed E-state index contributed by atoms with van der Waals surface area (Å²) < 4.78 is 7.40. The van der Waals surface area contributed by atoms with Crippen molar-refractivity contribution < 1.29 is 14.3 Å². The van der Waals surface area contributed by atoms with Gasteiger partial charge in [0, 0.05) is 7.05 Å². The molecule has 0 aliphatic heterocycles. The lowest BCUT2D eigenvalue weighted by molar-refractivity contribution is -0.128. The van der Waals surface area contributed by atoms with Crippen molar-refractivity contribution >= 4 is 35.2 Å². The number of hydrogen-bond acceptors (Lipinski definition) is 6. The van der Waals surface area contributed by atoms with Crippen molar-refractivity contribution in [1.29, 1.82) is 0 Å². The first-order valence-electron chi connectivity index (χ1n) is 8.78. The molecule has 3 aromatic rings. The van der Waals surface area contributed by atoms with Gasteiger partial charge in [0.1, 0.15) is 12.4 Å². The van der Waals surface area contributed by atoms with Gasteiger partial charge in [0.15, 0.2) is 11.0 Å². The second-order valence-corrected chi connectivity index (χ2v) is 7.45. The van der Waals surface area contributed by atoms with E-state index in [9.17, 15) is 9.59 Å². The Kier molecular flexibility index (Phi) is 7.26. The summed E-state index contributed by atoms with van der Waals surface area (Å²) in [5.41, 5.74) is 0.849. The van der Waals surface area contributed by atoms with Gasteiger partial charge >= 0.3 is 0 Å². The van der Waals surface area contributed by atoms with Crippen molar-refractivity contribution in [2.24, 2.45) is 7.05 Å². The van der Waals surface area contributed by atoms with E-state index in [1.165, 1.54) is 11.8 Å². The number of rotatable bonds is 8. The highest BCUT2D eigenvalue weighted by atomic mass is 35.5. The number of halogens is 1. The summed E-state index contributed by atoms with van der Waals surface area (Å²) in [5.74, 6) is 0.481. The summed E-state index contributed by atoms with van der Waals surface area (Å²) in [6, 6.07) is 16.4. The summed E-state index contributed by atoms with van der Waals surface area (Å²) in [4.78, 5) is 24.0. The van der Waals surface area contributed by atoms with Crippen LogP contribution in [-0.4, -0.2) is 32.3 Å². The molecule has 0 fully saturated rings. The van der Waals surface area contributed by atoms with Crippen molar-refractivity contribution in [2.45, 2.75) is 18.2 Å². The van der Waals surface area contributed by atoms with Crippen LogP contribution in [0.1, 0.15) is 11.4 Å². The molecule has 7 nitrogen and oxygen atoms in total. The molecule has 0 aliphatic rings. The minimum Gasteiger partial charge on any atom is -0.484 e. The smallest absolute Gasteiger partial charge is 0.237 e. The average Bonchev–Trinajstić information content (AvgIpc) is 3.06. The average molecular weight is 431 g/mol. The lowest BCUT2D eigenvalue weighted by Crippen LogP contribution is -2.33. The van der Waals surface area contributed by atoms with E-state index in [1.807, 2.05) is 42.5 Å². The molecule has 3 rings (SSSR count). The first-order valence-corrected chi connectivity index (χ1v) is 10.1. The van der Waals surface area contributed by atoms with Gasteiger partial charge in [-0.1, -0.05) is 65.8 Å². The third kappa shape index (κ3) is 6.07. The fourth-order valence-corrected chi connectivity index (χ4v) is 3.37. The summed E-state index contributed by atoms with van der Waals surface area (Å²) >= 11 is 7.26. The lowest BCUT2D eigenvalue weighted by atomic mass is 10.1. The number of hydrogen-bond donors (Lipinski definition) is 1. The molecule has 9 heteroatoms. The molecule has 1 heterocycles. The fraction of sp³-hybridized carbons (Fsp3) is 0.200. The number of thioether (sulfide) groups is 1. The molecule has 150 valence electrons. The van der Waals surface area contributed by atoms with Crippen molar-refractivity contribution in [3.05, 3.63) is 71.0 Å². The Bertz CT molecular complexity index is 994. The zero-order chi connectivity index (χ0) is 20.6. The number of carbonyl (C=O) groups is 2. The Hall–Kier alpha value is -2.84. The highest BCUT2D eigenvalue weighted by Gasteiger charge is 2.14. The van der Waals surface area contributed by atoms with Crippen LogP contribution >= 0.6 is 23.4 Å². The van der Waals surface area contributed by atoms with E-state index in [0.717, 1.165) is 5.56 Å². The highest BCUT2D eigenvalue weighted by molar-refractivity contribution is 7.99. The number of imide groups is 1. The predicted octanol–water partition coefficient (Wildman–Crippen LogP) is 3.03. The molecule has 1 aromatic heterocycles. The Labute approximate surface area is 177 Å². The van der Waals surface area contributed by atoms with Gasteiger partial charge in [-0.15, -0.1) is 10.2 Å². The molecule has 29 heavy (non-hydrogen) atoms. The monoisotopic (exact) mass is 430 g/mol. The quantitative estimate of drug-likeness (QED) is 0.553. The molecule has 0 aliphatic carbocycles. The molecule has 2 amide bonds. The second kappa shape index (κ2) is 10.1. The van der Waals surface area contributed by atoms with Crippen LogP contribution in [-0.2, 0) is 29.7 Å². The van der Waals surface area contributed by atoms with Gasteiger partial charge in [0.2, 0.25) is 11.8 Å². The van der Waals surface area contributed by atoms with Crippen LogP contribution in [0.4, 0.5) is 0 Å². The van der Waals surface area contributed by atoms with E-state index in [4.69, 9.17) is 16.3 Å². The zero-order valence-corrected chi connectivity index (χ0v) is 17.2. The summed E-state index contributed by atoms with van der Waals surface area (Å²) in [6.45, 7) is 0.190. The van der Waals surface area contributed by atoms with Crippen molar-refractivity contribution in [3.8, 4) is 5.75 Å². The fourth-order valence-electron chi connectivity index (χ4n) is 2.45.